The van der Waals surface area contributed by atoms with E-state index in [0.717, 1.165) is 43.5 Å². The Bertz CT molecular complexity index is 425. The van der Waals surface area contributed by atoms with Crippen LogP contribution in [0, 0.1) is 0 Å². The van der Waals surface area contributed by atoms with E-state index in [9.17, 15) is 9.90 Å². The fraction of sp³-hybridized carbons (Fsp3) is 0.643. The monoisotopic (exact) mass is 250 g/mol. The highest BCUT2D eigenvalue weighted by atomic mass is 16.3. The summed E-state index contributed by atoms with van der Waals surface area (Å²) in [5, 5.41) is 12.8. The molecule has 1 aromatic heterocycles. The second-order valence-electron chi connectivity index (χ2n) is 5.00. The van der Waals surface area contributed by atoms with Crippen LogP contribution in [0.15, 0.2) is 12.3 Å². The highest BCUT2D eigenvalue weighted by molar-refractivity contribution is 5.80. The van der Waals surface area contributed by atoms with Gasteiger partial charge in [0.1, 0.15) is 6.04 Å². The Morgan fingerprint density at radius 3 is 3.17 bits per heavy atom. The number of aliphatic hydroxyl groups is 1. The smallest absolute Gasteiger partial charge is 0.242 e. The fourth-order valence-corrected chi connectivity index (χ4v) is 2.58. The maximum atomic E-state index is 12.0. The van der Waals surface area contributed by atoms with Gasteiger partial charge in [0, 0.05) is 24.0 Å². The molecule has 1 aliphatic carbocycles. The molecule has 2 unspecified atom stereocenters. The Labute approximate surface area is 108 Å². The molecule has 2 atom stereocenters. The number of fused-ring (bicyclic) bond motifs is 1. The summed E-state index contributed by atoms with van der Waals surface area (Å²) in [6.07, 6.45) is 5.27. The summed E-state index contributed by atoms with van der Waals surface area (Å²) < 4.78 is 2.00. The van der Waals surface area contributed by atoms with Gasteiger partial charge in [-0.05, 0) is 38.7 Å². The van der Waals surface area contributed by atoms with Crippen molar-refractivity contribution in [3.63, 3.8) is 0 Å². The van der Waals surface area contributed by atoms with Crippen LogP contribution < -0.4 is 5.32 Å². The van der Waals surface area contributed by atoms with Crippen LogP contribution in [0.25, 0.3) is 0 Å². The van der Waals surface area contributed by atoms with Crippen molar-refractivity contribution in [1.82, 2.24) is 9.88 Å². The maximum Gasteiger partial charge on any atom is 0.242 e. The van der Waals surface area contributed by atoms with Crippen LogP contribution in [-0.4, -0.2) is 22.1 Å². The average molecular weight is 250 g/mol. The number of amides is 1. The first kappa shape index (κ1) is 13.1. The number of nitrogens with one attached hydrogen (secondary N) is 1. The summed E-state index contributed by atoms with van der Waals surface area (Å²) in [4.78, 5) is 12.0. The molecule has 4 nitrogen and oxygen atoms in total. The van der Waals surface area contributed by atoms with E-state index < -0.39 is 0 Å². The third kappa shape index (κ3) is 2.43. The lowest BCUT2D eigenvalue weighted by atomic mass is 9.95. The van der Waals surface area contributed by atoms with Crippen molar-refractivity contribution in [2.24, 2.45) is 0 Å². The summed E-state index contributed by atoms with van der Waals surface area (Å²) in [6, 6.07) is 1.74. The van der Waals surface area contributed by atoms with Crippen molar-refractivity contribution in [2.45, 2.75) is 51.7 Å². The van der Waals surface area contributed by atoms with Crippen LogP contribution in [0.4, 0.5) is 0 Å². The predicted octanol–water partition coefficient (Wildman–Crippen LogP) is 1.94. The minimum absolute atomic E-state index is 0.0512. The van der Waals surface area contributed by atoms with E-state index in [1.54, 1.807) is 0 Å². The van der Waals surface area contributed by atoms with Gasteiger partial charge in [-0.1, -0.05) is 6.92 Å². The molecule has 1 amide bonds. The van der Waals surface area contributed by atoms with Crippen LogP contribution in [0.5, 0.6) is 0 Å². The second kappa shape index (κ2) is 5.57. The van der Waals surface area contributed by atoms with E-state index in [-0.39, 0.29) is 18.1 Å². The van der Waals surface area contributed by atoms with E-state index in [4.69, 9.17) is 0 Å². The van der Waals surface area contributed by atoms with Crippen molar-refractivity contribution in [1.29, 1.82) is 0 Å². The van der Waals surface area contributed by atoms with Gasteiger partial charge in [-0.2, -0.15) is 0 Å². The van der Waals surface area contributed by atoms with Crippen molar-refractivity contribution in [2.75, 3.05) is 6.54 Å². The summed E-state index contributed by atoms with van der Waals surface area (Å²) in [6.45, 7) is 4.67. The molecule has 0 radical (unpaired) electrons. The molecule has 0 aliphatic heterocycles. The molecule has 2 rings (SSSR count). The quantitative estimate of drug-likeness (QED) is 0.858. The third-order valence-electron chi connectivity index (χ3n) is 3.66. The molecular weight excluding hydrogens is 228 g/mol. The van der Waals surface area contributed by atoms with Crippen LogP contribution in [0.1, 0.15) is 56.5 Å². The lowest BCUT2D eigenvalue weighted by molar-refractivity contribution is -0.123. The summed E-state index contributed by atoms with van der Waals surface area (Å²) in [5.74, 6) is 0.0512. The van der Waals surface area contributed by atoms with Gasteiger partial charge >= 0.3 is 0 Å². The number of rotatable bonds is 4. The molecular formula is C14H22N2O2. The first-order chi connectivity index (χ1) is 8.65. The highest BCUT2D eigenvalue weighted by Gasteiger charge is 2.24. The van der Waals surface area contributed by atoms with Crippen molar-refractivity contribution >= 4 is 5.91 Å². The number of carbonyl (C=O) groups excluding carboxylic acids is 1. The molecule has 0 fully saturated rings. The summed E-state index contributed by atoms with van der Waals surface area (Å²) >= 11 is 0. The van der Waals surface area contributed by atoms with E-state index in [2.05, 4.69) is 5.32 Å². The zero-order chi connectivity index (χ0) is 13.1. The topological polar surface area (TPSA) is 54.3 Å². The maximum absolute atomic E-state index is 12.0. The van der Waals surface area contributed by atoms with Crippen LogP contribution in [0.2, 0.25) is 0 Å². The molecule has 0 saturated carbocycles. The fourth-order valence-electron chi connectivity index (χ4n) is 2.58. The Kier molecular flexibility index (Phi) is 4.07. The largest absolute Gasteiger partial charge is 0.388 e. The molecule has 18 heavy (non-hydrogen) atoms. The Morgan fingerprint density at radius 2 is 2.44 bits per heavy atom. The van der Waals surface area contributed by atoms with Crippen molar-refractivity contribution < 1.29 is 9.90 Å². The molecule has 1 heterocycles. The van der Waals surface area contributed by atoms with E-state index in [0.29, 0.717) is 0 Å². The Hall–Kier alpha value is -1.29. The first-order valence-corrected chi connectivity index (χ1v) is 6.80. The van der Waals surface area contributed by atoms with E-state index >= 15 is 0 Å². The minimum atomic E-state index is -0.360. The summed E-state index contributed by atoms with van der Waals surface area (Å²) in [5.41, 5.74) is 2.12. The first-order valence-electron chi connectivity index (χ1n) is 6.80. The van der Waals surface area contributed by atoms with Crippen LogP contribution in [-0.2, 0) is 11.2 Å². The van der Waals surface area contributed by atoms with Gasteiger partial charge < -0.3 is 15.0 Å². The molecule has 0 bridgehead atoms. The number of nitrogens with zero attached hydrogens (tertiary/aromatic N) is 1. The molecule has 0 saturated heterocycles. The van der Waals surface area contributed by atoms with Gasteiger partial charge in [0.2, 0.25) is 5.91 Å². The lowest BCUT2D eigenvalue weighted by Crippen LogP contribution is -2.32. The molecule has 4 heteroatoms. The minimum Gasteiger partial charge on any atom is -0.388 e. The normalized spacial score (nSPS) is 20.3. The van der Waals surface area contributed by atoms with Crippen molar-refractivity contribution in [3.05, 3.63) is 23.5 Å². The highest BCUT2D eigenvalue weighted by Crippen LogP contribution is 2.31. The number of carbonyl (C=O) groups is 1. The predicted molar refractivity (Wildman–Crippen MR) is 70.3 cm³/mol. The van der Waals surface area contributed by atoms with Gasteiger partial charge in [0.25, 0.3) is 0 Å². The number of aliphatic hydroxyl groups excluding tert-OH is 1. The average Bonchev–Trinajstić information content (AvgIpc) is 2.80. The number of aromatic nitrogens is 1. The lowest BCUT2D eigenvalue weighted by Gasteiger charge is -2.23. The second-order valence-corrected chi connectivity index (χ2v) is 5.00. The van der Waals surface area contributed by atoms with E-state index in [1.807, 2.05) is 30.7 Å². The zero-order valence-electron chi connectivity index (χ0n) is 11.1. The number of hydrogen-bond acceptors (Lipinski definition) is 2. The molecule has 1 aliphatic rings. The number of hydrogen-bond donors (Lipinski definition) is 2. The zero-order valence-corrected chi connectivity index (χ0v) is 11.1. The van der Waals surface area contributed by atoms with Gasteiger partial charge in [0.05, 0.1) is 6.10 Å². The van der Waals surface area contributed by atoms with Crippen molar-refractivity contribution in [3.8, 4) is 0 Å². The standard InChI is InChI=1S/C14H22N2O2/c1-3-8-15-14(18)10(2)16-9-7-11-12(16)5-4-6-13(11)17/h7,9-10,13,17H,3-6,8H2,1-2H3,(H,15,18). The molecule has 0 aromatic carbocycles. The molecule has 100 valence electrons. The third-order valence-corrected chi connectivity index (χ3v) is 3.66. The SMILES string of the molecule is CCCNC(=O)C(C)n1ccc2c1CCCC2O. The van der Waals surface area contributed by atoms with Gasteiger partial charge in [0.15, 0.2) is 0 Å². The van der Waals surface area contributed by atoms with Gasteiger partial charge in [-0.25, -0.2) is 0 Å². The van der Waals surface area contributed by atoms with E-state index in [1.165, 1.54) is 0 Å². The van der Waals surface area contributed by atoms with Gasteiger partial charge in [-0.3, -0.25) is 4.79 Å². The molecule has 0 spiro atoms. The Balaban J connectivity index is 2.16. The van der Waals surface area contributed by atoms with Gasteiger partial charge in [-0.15, -0.1) is 0 Å². The summed E-state index contributed by atoms with van der Waals surface area (Å²) in [7, 11) is 0. The molecule has 2 N–H and O–H groups in total. The Morgan fingerprint density at radius 1 is 1.67 bits per heavy atom. The van der Waals surface area contributed by atoms with Crippen LogP contribution >= 0.6 is 0 Å². The molecule has 1 aromatic rings. The van der Waals surface area contributed by atoms with Crippen LogP contribution in [0.3, 0.4) is 0 Å².